The molecule has 2 N–H and O–H groups in total. The molecule has 0 aliphatic carbocycles. The molecule has 1 saturated heterocycles. The third-order valence-corrected chi connectivity index (χ3v) is 5.40. The van der Waals surface area contributed by atoms with Gasteiger partial charge in [0.05, 0.1) is 17.1 Å². The Bertz CT molecular complexity index is 853. The fourth-order valence-electron chi connectivity index (χ4n) is 2.89. The number of nitrogens with zero attached hydrogens (tertiary/aromatic N) is 3. The first-order chi connectivity index (χ1) is 13.0. The minimum Gasteiger partial charge on any atom is -0.315 e. The van der Waals surface area contributed by atoms with E-state index in [1.165, 1.54) is 17.5 Å². The molecule has 27 heavy (non-hydrogen) atoms. The van der Waals surface area contributed by atoms with Gasteiger partial charge in [0.2, 0.25) is 11.8 Å². The standard InChI is InChI=1S/C18H18ClN5O2S/c19-14-1-2-15(21-10-14)22-17(26)12-3-6-24(7-4-12)11-16(25)23-18-13(9-20)5-8-27-18/h1-2,5,8,10,12H,3-4,6-7,11H2,(H,23,25)(H,21,22,26). The summed E-state index contributed by atoms with van der Waals surface area (Å²) in [7, 11) is 0. The average molecular weight is 404 g/mol. The minimum atomic E-state index is -0.151. The van der Waals surface area contributed by atoms with Crippen molar-refractivity contribution >= 4 is 45.6 Å². The second kappa shape index (κ2) is 8.95. The van der Waals surface area contributed by atoms with Gasteiger partial charge < -0.3 is 10.6 Å². The predicted molar refractivity (Wildman–Crippen MR) is 105 cm³/mol. The summed E-state index contributed by atoms with van der Waals surface area (Å²) in [6.07, 6.45) is 2.84. The summed E-state index contributed by atoms with van der Waals surface area (Å²) in [4.78, 5) is 30.6. The molecular formula is C18H18ClN5O2S. The quantitative estimate of drug-likeness (QED) is 0.799. The lowest BCUT2D eigenvalue weighted by molar-refractivity contribution is -0.121. The summed E-state index contributed by atoms with van der Waals surface area (Å²) in [5.74, 6) is 0.160. The van der Waals surface area contributed by atoms with E-state index in [-0.39, 0.29) is 24.3 Å². The summed E-state index contributed by atoms with van der Waals surface area (Å²) in [5.41, 5.74) is 0.472. The zero-order chi connectivity index (χ0) is 19.2. The van der Waals surface area contributed by atoms with Crippen LogP contribution in [0.15, 0.2) is 29.8 Å². The number of hydrogen-bond donors (Lipinski definition) is 2. The van der Waals surface area contributed by atoms with E-state index in [4.69, 9.17) is 16.9 Å². The molecule has 1 aliphatic heterocycles. The Morgan fingerprint density at radius 2 is 2.07 bits per heavy atom. The van der Waals surface area contributed by atoms with Crippen LogP contribution in [0.2, 0.25) is 5.02 Å². The molecule has 0 saturated carbocycles. The molecule has 7 nitrogen and oxygen atoms in total. The molecule has 1 aliphatic rings. The lowest BCUT2D eigenvalue weighted by Gasteiger charge is -2.30. The van der Waals surface area contributed by atoms with Crippen molar-refractivity contribution in [1.29, 1.82) is 5.26 Å². The first-order valence-corrected chi connectivity index (χ1v) is 9.73. The number of piperidine rings is 1. The zero-order valence-electron chi connectivity index (χ0n) is 14.4. The molecule has 3 heterocycles. The first-order valence-electron chi connectivity index (χ1n) is 8.47. The normalized spacial score (nSPS) is 15.1. The van der Waals surface area contributed by atoms with Crippen molar-refractivity contribution in [2.75, 3.05) is 30.3 Å². The number of nitrogens with one attached hydrogen (secondary N) is 2. The molecule has 9 heteroatoms. The maximum absolute atomic E-state index is 12.4. The maximum Gasteiger partial charge on any atom is 0.239 e. The SMILES string of the molecule is N#Cc1ccsc1NC(=O)CN1CCC(C(=O)Nc2ccc(Cl)cn2)CC1. The highest BCUT2D eigenvalue weighted by Gasteiger charge is 2.26. The van der Waals surface area contributed by atoms with Gasteiger partial charge >= 0.3 is 0 Å². The van der Waals surface area contributed by atoms with Gasteiger partial charge in [0, 0.05) is 12.1 Å². The smallest absolute Gasteiger partial charge is 0.239 e. The van der Waals surface area contributed by atoms with E-state index in [9.17, 15) is 9.59 Å². The van der Waals surface area contributed by atoms with Gasteiger partial charge in [0.1, 0.15) is 16.9 Å². The van der Waals surface area contributed by atoms with Gasteiger partial charge in [-0.3, -0.25) is 14.5 Å². The molecule has 2 aromatic rings. The molecule has 1 fully saturated rings. The third-order valence-electron chi connectivity index (χ3n) is 4.34. The molecule has 2 aromatic heterocycles. The fraction of sp³-hybridized carbons (Fsp3) is 0.333. The maximum atomic E-state index is 12.4. The van der Waals surface area contributed by atoms with Crippen LogP contribution >= 0.6 is 22.9 Å². The van der Waals surface area contributed by atoms with E-state index in [1.54, 1.807) is 23.6 Å². The highest BCUT2D eigenvalue weighted by Crippen LogP contribution is 2.23. The Kier molecular flexibility index (Phi) is 6.40. The number of hydrogen-bond acceptors (Lipinski definition) is 6. The molecule has 0 radical (unpaired) electrons. The molecule has 3 rings (SSSR count). The van der Waals surface area contributed by atoms with Gasteiger partial charge in [0.25, 0.3) is 0 Å². The molecular weight excluding hydrogens is 386 g/mol. The van der Waals surface area contributed by atoms with Gasteiger partial charge in [-0.05, 0) is 49.5 Å². The van der Waals surface area contributed by atoms with Crippen LogP contribution in [-0.2, 0) is 9.59 Å². The van der Waals surface area contributed by atoms with Crippen molar-refractivity contribution in [2.45, 2.75) is 12.8 Å². The topological polar surface area (TPSA) is 98.1 Å². The van der Waals surface area contributed by atoms with Crippen LogP contribution in [0, 0.1) is 17.2 Å². The molecule has 0 aromatic carbocycles. The molecule has 2 amide bonds. The van der Waals surface area contributed by atoms with Crippen molar-refractivity contribution < 1.29 is 9.59 Å². The Morgan fingerprint density at radius 3 is 2.74 bits per heavy atom. The second-order valence-corrected chi connectivity index (χ2v) is 7.58. The number of carbonyl (C=O) groups is 2. The van der Waals surface area contributed by atoms with Gasteiger partial charge in [-0.15, -0.1) is 11.3 Å². The number of amides is 2. The molecule has 0 unspecified atom stereocenters. The molecule has 0 atom stereocenters. The van der Waals surface area contributed by atoms with E-state index in [2.05, 4.69) is 21.7 Å². The Morgan fingerprint density at radius 1 is 1.30 bits per heavy atom. The van der Waals surface area contributed by atoms with Crippen LogP contribution in [0.5, 0.6) is 0 Å². The highest BCUT2D eigenvalue weighted by molar-refractivity contribution is 7.14. The molecule has 0 spiro atoms. The molecule has 140 valence electrons. The number of nitriles is 1. The zero-order valence-corrected chi connectivity index (χ0v) is 16.0. The van der Waals surface area contributed by atoms with Crippen molar-refractivity contribution in [1.82, 2.24) is 9.88 Å². The number of anilines is 2. The molecule has 0 bridgehead atoms. The summed E-state index contributed by atoms with van der Waals surface area (Å²) in [5, 5.41) is 17.4. The number of carbonyl (C=O) groups excluding carboxylic acids is 2. The lowest BCUT2D eigenvalue weighted by atomic mass is 9.96. The number of likely N-dealkylation sites (tertiary alicyclic amines) is 1. The van der Waals surface area contributed by atoms with Crippen LogP contribution in [0.1, 0.15) is 18.4 Å². The number of aromatic nitrogens is 1. The van der Waals surface area contributed by atoms with Crippen molar-refractivity contribution in [3.8, 4) is 6.07 Å². The summed E-state index contributed by atoms with van der Waals surface area (Å²) in [6.45, 7) is 1.57. The fourth-order valence-corrected chi connectivity index (χ4v) is 3.76. The van der Waals surface area contributed by atoms with Gasteiger partial charge in [-0.2, -0.15) is 5.26 Å². The largest absolute Gasteiger partial charge is 0.315 e. The van der Waals surface area contributed by atoms with Crippen molar-refractivity contribution in [3.05, 3.63) is 40.4 Å². The van der Waals surface area contributed by atoms with Crippen molar-refractivity contribution in [2.24, 2.45) is 5.92 Å². The number of rotatable bonds is 5. The van der Waals surface area contributed by atoms with E-state index in [0.29, 0.717) is 47.3 Å². The monoisotopic (exact) mass is 403 g/mol. The highest BCUT2D eigenvalue weighted by atomic mass is 35.5. The average Bonchev–Trinajstić information content (AvgIpc) is 3.11. The van der Waals surface area contributed by atoms with Crippen LogP contribution in [-0.4, -0.2) is 41.3 Å². The summed E-state index contributed by atoms with van der Waals surface area (Å²) < 4.78 is 0. The van der Waals surface area contributed by atoms with Crippen molar-refractivity contribution in [3.63, 3.8) is 0 Å². The van der Waals surface area contributed by atoms with Crippen LogP contribution in [0.3, 0.4) is 0 Å². The van der Waals surface area contributed by atoms with Gasteiger partial charge in [0.15, 0.2) is 0 Å². The third kappa shape index (κ3) is 5.26. The summed E-state index contributed by atoms with van der Waals surface area (Å²) in [6, 6.07) is 7.08. The summed E-state index contributed by atoms with van der Waals surface area (Å²) >= 11 is 7.12. The van der Waals surface area contributed by atoms with E-state index in [1.807, 2.05) is 4.90 Å². The van der Waals surface area contributed by atoms with Gasteiger partial charge in [-0.1, -0.05) is 11.6 Å². The number of thiophene rings is 1. The van der Waals surface area contributed by atoms with E-state index < -0.39 is 0 Å². The minimum absolute atomic E-state index is 0.0637. The predicted octanol–water partition coefficient (Wildman–Crippen LogP) is 2.96. The Labute approximate surface area is 166 Å². The van der Waals surface area contributed by atoms with E-state index >= 15 is 0 Å². The number of pyridine rings is 1. The number of halogens is 1. The Hall–Kier alpha value is -2.47. The second-order valence-electron chi connectivity index (χ2n) is 6.22. The Balaban J connectivity index is 1.44. The van der Waals surface area contributed by atoms with Crippen LogP contribution in [0.25, 0.3) is 0 Å². The lowest BCUT2D eigenvalue weighted by Crippen LogP contribution is -2.41. The van der Waals surface area contributed by atoms with E-state index in [0.717, 1.165) is 0 Å². The van der Waals surface area contributed by atoms with Gasteiger partial charge in [-0.25, -0.2) is 4.98 Å². The first kappa shape index (κ1) is 19.3. The van der Waals surface area contributed by atoms with Crippen LogP contribution in [0.4, 0.5) is 10.8 Å². The van der Waals surface area contributed by atoms with Crippen LogP contribution < -0.4 is 10.6 Å².